The molecule has 0 spiro atoms. The lowest BCUT2D eigenvalue weighted by Crippen LogP contribution is -2.39. The fourth-order valence-corrected chi connectivity index (χ4v) is 2.59. The van der Waals surface area contributed by atoms with Gasteiger partial charge in [-0.3, -0.25) is 9.78 Å². The third kappa shape index (κ3) is 3.78. The van der Waals surface area contributed by atoms with Crippen LogP contribution in [-0.4, -0.2) is 29.5 Å². The van der Waals surface area contributed by atoms with Crippen LogP contribution < -0.4 is 15.5 Å². The molecular formula is C16H15ClN4O2. The lowest BCUT2D eigenvalue weighted by molar-refractivity contribution is -0.117. The summed E-state index contributed by atoms with van der Waals surface area (Å²) < 4.78 is 0. The van der Waals surface area contributed by atoms with Crippen LogP contribution >= 0.6 is 11.6 Å². The van der Waals surface area contributed by atoms with Crippen molar-refractivity contribution in [1.82, 2.24) is 10.3 Å². The number of carbonyl (C=O) groups is 2. The Hall–Kier alpha value is -2.60. The lowest BCUT2D eigenvalue weighted by atomic mass is 10.2. The van der Waals surface area contributed by atoms with Crippen LogP contribution in [0.15, 0.2) is 48.8 Å². The molecule has 0 aliphatic carbocycles. The second-order valence-corrected chi connectivity index (χ2v) is 5.66. The lowest BCUT2D eigenvalue weighted by Gasteiger charge is -2.17. The molecule has 118 valence electrons. The van der Waals surface area contributed by atoms with Gasteiger partial charge in [-0.2, -0.15) is 0 Å². The molecule has 1 saturated heterocycles. The van der Waals surface area contributed by atoms with Gasteiger partial charge in [-0.25, -0.2) is 4.79 Å². The molecule has 6 nitrogen and oxygen atoms in total. The van der Waals surface area contributed by atoms with E-state index in [9.17, 15) is 9.59 Å². The van der Waals surface area contributed by atoms with Gasteiger partial charge < -0.3 is 15.5 Å². The molecule has 1 aromatic carbocycles. The van der Waals surface area contributed by atoms with Crippen molar-refractivity contribution >= 4 is 34.9 Å². The van der Waals surface area contributed by atoms with Gasteiger partial charge in [0.15, 0.2) is 0 Å². The van der Waals surface area contributed by atoms with Crippen LogP contribution in [0, 0.1) is 0 Å². The zero-order valence-electron chi connectivity index (χ0n) is 12.2. The second-order valence-electron chi connectivity index (χ2n) is 5.22. The SMILES string of the molecule is O=C(Nc1cccnc1)NC1CC(=O)N(c2ccc(Cl)cc2)C1. The zero-order chi connectivity index (χ0) is 16.2. The molecule has 3 rings (SSSR count). The summed E-state index contributed by atoms with van der Waals surface area (Å²) in [6, 6.07) is 9.93. The quantitative estimate of drug-likeness (QED) is 0.908. The molecular weight excluding hydrogens is 316 g/mol. The summed E-state index contributed by atoms with van der Waals surface area (Å²) in [7, 11) is 0. The van der Waals surface area contributed by atoms with Gasteiger partial charge >= 0.3 is 6.03 Å². The minimum atomic E-state index is -0.353. The maximum Gasteiger partial charge on any atom is 0.319 e. The highest BCUT2D eigenvalue weighted by Gasteiger charge is 2.31. The number of amides is 3. The number of rotatable bonds is 3. The first-order valence-electron chi connectivity index (χ1n) is 7.15. The monoisotopic (exact) mass is 330 g/mol. The Balaban J connectivity index is 1.59. The maximum atomic E-state index is 12.1. The van der Waals surface area contributed by atoms with E-state index in [2.05, 4.69) is 15.6 Å². The van der Waals surface area contributed by atoms with E-state index < -0.39 is 0 Å². The van der Waals surface area contributed by atoms with Crippen LogP contribution in [0.2, 0.25) is 5.02 Å². The molecule has 1 aliphatic rings. The average molecular weight is 331 g/mol. The number of hydrogen-bond acceptors (Lipinski definition) is 3. The summed E-state index contributed by atoms with van der Waals surface area (Å²) in [5.74, 6) is -0.0287. The minimum Gasteiger partial charge on any atom is -0.333 e. The average Bonchev–Trinajstić information content (AvgIpc) is 2.89. The Labute approximate surface area is 138 Å². The third-order valence-corrected chi connectivity index (χ3v) is 3.77. The Kier molecular flexibility index (Phi) is 4.43. The molecule has 1 aromatic heterocycles. The highest BCUT2D eigenvalue weighted by molar-refractivity contribution is 6.30. The molecule has 3 amide bonds. The summed E-state index contributed by atoms with van der Waals surface area (Å²) in [5, 5.41) is 6.10. The topological polar surface area (TPSA) is 74.3 Å². The third-order valence-electron chi connectivity index (χ3n) is 3.52. The number of urea groups is 1. The molecule has 1 fully saturated rings. The van der Waals surface area contributed by atoms with E-state index in [0.717, 1.165) is 5.69 Å². The summed E-state index contributed by atoms with van der Waals surface area (Å²) in [5.41, 5.74) is 1.38. The molecule has 7 heteroatoms. The number of aromatic nitrogens is 1. The summed E-state index contributed by atoms with van der Waals surface area (Å²) in [6.45, 7) is 0.431. The van der Waals surface area contributed by atoms with E-state index in [-0.39, 0.29) is 24.4 Å². The predicted molar refractivity (Wildman–Crippen MR) is 88.6 cm³/mol. The zero-order valence-corrected chi connectivity index (χ0v) is 13.0. The van der Waals surface area contributed by atoms with Crippen LogP contribution in [0.1, 0.15) is 6.42 Å². The van der Waals surface area contributed by atoms with Gasteiger partial charge in [0, 0.05) is 29.9 Å². The first-order chi connectivity index (χ1) is 11.1. The van der Waals surface area contributed by atoms with Crippen molar-refractivity contribution in [2.75, 3.05) is 16.8 Å². The van der Waals surface area contributed by atoms with Gasteiger partial charge in [-0.05, 0) is 36.4 Å². The van der Waals surface area contributed by atoms with Crippen molar-refractivity contribution in [3.63, 3.8) is 0 Å². The summed E-state index contributed by atoms with van der Waals surface area (Å²) in [4.78, 5) is 29.7. The van der Waals surface area contributed by atoms with Gasteiger partial charge in [0.1, 0.15) is 0 Å². The van der Waals surface area contributed by atoms with Gasteiger partial charge in [0.05, 0.1) is 17.9 Å². The number of carbonyl (C=O) groups excluding carboxylic acids is 2. The Morgan fingerprint density at radius 1 is 1.26 bits per heavy atom. The van der Waals surface area contributed by atoms with Gasteiger partial charge in [-0.15, -0.1) is 0 Å². The fourth-order valence-electron chi connectivity index (χ4n) is 2.46. The molecule has 1 aliphatic heterocycles. The molecule has 1 atom stereocenters. The van der Waals surface area contributed by atoms with Crippen molar-refractivity contribution in [1.29, 1.82) is 0 Å². The van der Waals surface area contributed by atoms with Crippen molar-refractivity contribution in [2.45, 2.75) is 12.5 Å². The molecule has 0 radical (unpaired) electrons. The molecule has 2 aromatic rings. The molecule has 0 saturated carbocycles. The van der Waals surface area contributed by atoms with Gasteiger partial charge in [0.2, 0.25) is 5.91 Å². The van der Waals surface area contributed by atoms with Crippen LogP contribution in [-0.2, 0) is 4.79 Å². The highest BCUT2D eigenvalue weighted by atomic mass is 35.5. The fraction of sp³-hybridized carbons (Fsp3) is 0.188. The number of nitrogens with zero attached hydrogens (tertiary/aromatic N) is 2. The molecule has 23 heavy (non-hydrogen) atoms. The smallest absolute Gasteiger partial charge is 0.319 e. The van der Waals surface area contributed by atoms with E-state index in [1.807, 2.05) is 0 Å². The molecule has 2 heterocycles. The first kappa shape index (κ1) is 15.3. The van der Waals surface area contributed by atoms with Crippen molar-refractivity contribution in [2.24, 2.45) is 0 Å². The van der Waals surface area contributed by atoms with Crippen molar-refractivity contribution < 1.29 is 9.59 Å². The number of nitrogens with one attached hydrogen (secondary N) is 2. The summed E-state index contributed by atoms with van der Waals surface area (Å²) >= 11 is 5.86. The Bertz CT molecular complexity index is 706. The van der Waals surface area contributed by atoms with Gasteiger partial charge in [0.25, 0.3) is 0 Å². The minimum absolute atomic E-state index is 0.0287. The van der Waals surface area contributed by atoms with E-state index in [1.54, 1.807) is 53.7 Å². The molecule has 0 bridgehead atoms. The Morgan fingerprint density at radius 3 is 2.74 bits per heavy atom. The first-order valence-corrected chi connectivity index (χ1v) is 7.53. The number of anilines is 2. The van der Waals surface area contributed by atoms with Crippen molar-refractivity contribution in [3.05, 3.63) is 53.8 Å². The van der Waals surface area contributed by atoms with E-state index in [1.165, 1.54) is 0 Å². The van der Waals surface area contributed by atoms with E-state index >= 15 is 0 Å². The van der Waals surface area contributed by atoms with E-state index in [4.69, 9.17) is 11.6 Å². The Morgan fingerprint density at radius 2 is 2.04 bits per heavy atom. The van der Waals surface area contributed by atoms with Crippen LogP contribution in [0.4, 0.5) is 16.2 Å². The summed E-state index contributed by atoms with van der Waals surface area (Å²) in [6.07, 6.45) is 3.45. The van der Waals surface area contributed by atoms with Gasteiger partial charge in [-0.1, -0.05) is 11.6 Å². The second kappa shape index (κ2) is 6.66. The number of benzene rings is 1. The number of halogens is 1. The molecule has 2 N–H and O–H groups in total. The van der Waals surface area contributed by atoms with Crippen molar-refractivity contribution in [3.8, 4) is 0 Å². The standard InChI is InChI=1S/C16H15ClN4O2/c17-11-3-5-14(6-4-11)21-10-13(8-15(21)22)20-16(23)19-12-2-1-7-18-9-12/h1-7,9,13H,8,10H2,(H2,19,20,23). The number of pyridine rings is 1. The predicted octanol–water partition coefficient (Wildman–Crippen LogP) is 2.66. The largest absolute Gasteiger partial charge is 0.333 e. The normalized spacial score (nSPS) is 17.2. The molecule has 1 unspecified atom stereocenters. The van der Waals surface area contributed by atoms with Crippen LogP contribution in [0.5, 0.6) is 0 Å². The van der Waals surface area contributed by atoms with E-state index in [0.29, 0.717) is 17.3 Å². The maximum absolute atomic E-state index is 12.1. The van der Waals surface area contributed by atoms with Crippen LogP contribution in [0.25, 0.3) is 0 Å². The highest BCUT2D eigenvalue weighted by Crippen LogP contribution is 2.23. The number of hydrogen-bond donors (Lipinski definition) is 2. The van der Waals surface area contributed by atoms with Crippen LogP contribution in [0.3, 0.4) is 0 Å².